The summed E-state index contributed by atoms with van der Waals surface area (Å²) >= 11 is 0. The molecule has 2 rings (SSSR count). The van der Waals surface area contributed by atoms with Gasteiger partial charge in [0.2, 0.25) is 5.95 Å². The maximum Gasteiger partial charge on any atom is 0.319 e. The average Bonchev–Trinajstić information content (AvgIpc) is 2.77. The SMILES string of the molecule is CC1NNC(C)C1CCCNC(=O)Nc1ccc(F)nc1. The van der Waals surface area contributed by atoms with Crippen molar-refractivity contribution in [3.63, 3.8) is 0 Å². The van der Waals surface area contributed by atoms with Gasteiger partial charge >= 0.3 is 6.03 Å². The van der Waals surface area contributed by atoms with Crippen molar-refractivity contribution in [3.8, 4) is 0 Å². The molecule has 6 nitrogen and oxygen atoms in total. The zero-order valence-corrected chi connectivity index (χ0v) is 12.3. The lowest BCUT2D eigenvalue weighted by atomic mass is 9.92. The lowest BCUT2D eigenvalue weighted by molar-refractivity contribution is 0.251. The first-order valence-electron chi connectivity index (χ1n) is 7.23. The van der Waals surface area contributed by atoms with Crippen LogP contribution in [-0.4, -0.2) is 29.6 Å². The van der Waals surface area contributed by atoms with Gasteiger partial charge in [0.1, 0.15) is 0 Å². The summed E-state index contributed by atoms with van der Waals surface area (Å²) in [5.74, 6) is -0.000796. The number of halogens is 1. The summed E-state index contributed by atoms with van der Waals surface area (Å²) in [5, 5.41) is 5.40. The normalized spacial score (nSPS) is 24.8. The lowest BCUT2D eigenvalue weighted by Gasteiger charge is -2.17. The summed E-state index contributed by atoms with van der Waals surface area (Å²) in [6.07, 6.45) is 3.24. The second-order valence-electron chi connectivity index (χ2n) is 5.42. The number of hydrogen-bond donors (Lipinski definition) is 4. The fourth-order valence-electron chi connectivity index (χ4n) is 2.57. The molecule has 1 aromatic rings. The smallest absolute Gasteiger partial charge is 0.319 e. The highest BCUT2D eigenvalue weighted by atomic mass is 19.1. The van der Waals surface area contributed by atoms with E-state index in [2.05, 4.69) is 40.3 Å². The van der Waals surface area contributed by atoms with Gasteiger partial charge in [-0.1, -0.05) is 0 Å². The Morgan fingerprint density at radius 3 is 2.67 bits per heavy atom. The van der Waals surface area contributed by atoms with Gasteiger partial charge in [0, 0.05) is 18.6 Å². The third kappa shape index (κ3) is 4.64. The minimum absolute atomic E-state index is 0.299. The van der Waals surface area contributed by atoms with E-state index in [-0.39, 0.29) is 6.03 Å². The topological polar surface area (TPSA) is 78.1 Å². The summed E-state index contributed by atoms with van der Waals surface area (Å²) in [5.41, 5.74) is 6.91. The summed E-state index contributed by atoms with van der Waals surface area (Å²) in [4.78, 5) is 15.1. The van der Waals surface area contributed by atoms with Gasteiger partial charge < -0.3 is 10.6 Å². The minimum atomic E-state index is -0.567. The molecule has 116 valence electrons. The van der Waals surface area contributed by atoms with Crippen LogP contribution in [0.3, 0.4) is 0 Å². The van der Waals surface area contributed by atoms with Crippen LogP contribution in [0.2, 0.25) is 0 Å². The third-order valence-corrected chi connectivity index (χ3v) is 3.81. The van der Waals surface area contributed by atoms with Crippen LogP contribution in [0.25, 0.3) is 0 Å². The molecule has 0 saturated carbocycles. The van der Waals surface area contributed by atoms with Crippen LogP contribution in [0.5, 0.6) is 0 Å². The number of carbonyl (C=O) groups is 1. The Labute approximate surface area is 123 Å². The molecule has 2 amide bonds. The Hall–Kier alpha value is -1.73. The highest BCUT2D eigenvalue weighted by Gasteiger charge is 2.28. The van der Waals surface area contributed by atoms with Gasteiger partial charge in [0.15, 0.2) is 0 Å². The van der Waals surface area contributed by atoms with Gasteiger partial charge in [-0.05, 0) is 44.7 Å². The Balaban J connectivity index is 1.64. The Morgan fingerprint density at radius 2 is 2.05 bits per heavy atom. The van der Waals surface area contributed by atoms with Crippen LogP contribution in [0.15, 0.2) is 18.3 Å². The molecule has 21 heavy (non-hydrogen) atoms. The molecule has 2 atom stereocenters. The molecule has 0 spiro atoms. The minimum Gasteiger partial charge on any atom is -0.338 e. The Bertz CT molecular complexity index is 457. The lowest BCUT2D eigenvalue weighted by Crippen LogP contribution is -2.31. The molecule has 2 heterocycles. The highest BCUT2D eigenvalue weighted by molar-refractivity contribution is 5.88. The number of hydrazine groups is 1. The van der Waals surface area contributed by atoms with Crippen molar-refractivity contribution in [2.45, 2.75) is 38.8 Å². The summed E-state index contributed by atoms with van der Waals surface area (Å²) in [6, 6.07) is 3.27. The number of anilines is 1. The largest absolute Gasteiger partial charge is 0.338 e. The molecule has 7 heteroatoms. The molecule has 0 bridgehead atoms. The Kier molecular flexibility index (Phi) is 5.46. The van der Waals surface area contributed by atoms with Crippen molar-refractivity contribution in [3.05, 3.63) is 24.3 Å². The molecule has 1 saturated heterocycles. The zero-order valence-electron chi connectivity index (χ0n) is 12.3. The fraction of sp³-hybridized carbons (Fsp3) is 0.571. The van der Waals surface area contributed by atoms with E-state index in [0.717, 1.165) is 12.8 Å². The van der Waals surface area contributed by atoms with E-state index in [1.54, 1.807) is 0 Å². The van der Waals surface area contributed by atoms with Crippen molar-refractivity contribution < 1.29 is 9.18 Å². The molecule has 1 fully saturated rings. The molecule has 2 unspecified atom stereocenters. The summed E-state index contributed by atoms with van der Waals surface area (Å²) in [6.45, 7) is 4.92. The monoisotopic (exact) mass is 295 g/mol. The van der Waals surface area contributed by atoms with Crippen molar-refractivity contribution in [1.29, 1.82) is 0 Å². The number of nitrogens with zero attached hydrogens (tertiary/aromatic N) is 1. The Morgan fingerprint density at radius 1 is 1.33 bits per heavy atom. The number of rotatable bonds is 5. The first kappa shape index (κ1) is 15.7. The molecular weight excluding hydrogens is 273 g/mol. The standard InChI is InChI=1S/C14H22FN5O/c1-9-12(10(2)20-19-9)4-3-7-16-14(21)18-11-5-6-13(15)17-8-11/h5-6,8-10,12,19-20H,3-4,7H2,1-2H3,(H2,16,18,21). The number of pyridine rings is 1. The first-order valence-corrected chi connectivity index (χ1v) is 7.23. The van der Waals surface area contributed by atoms with Crippen LogP contribution >= 0.6 is 0 Å². The van der Waals surface area contributed by atoms with Gasteiger partial charge in [-0.2, -0.15) is 4.39 Å². The van der Waals surface area contributed by atoms with Crippen LogP contribution in [-0.2, 0) is 0 Å². The molecule has 1 aliphatic heterocycles. The maximum atomic E-state index is 12.6. The summed E-state index contributed by atoms with van der Waals surface area (Å²) < 4.78 is 12.6. The van der Waals surface area contributed by atoms with E-state index in [0.29, 0.717) is 30.2 Å². The predicted molar refractivity (Wildman–Crippen MR) is 79.1 cm³/mol. The van der Waals surface area contributed by atoms with E-state index in [1.165, 1.54) is 18.3 Å². The average molecular weight is 295 g/mol. The van der Waals surface area contributed by atoms with E-state index < -0.39 is 5.95 Å². The number of nitrogens with one attached hydrogen (secondary N) is 4. The predicted octanol–water partition coefficient (Wildman–Crippen LogP) is 1.62. The number of urea groups is 1. The van der Waals surface area contributed by atoms with Gasteiger partial charge in [0.05, 0.1) is 11.9 Å². The van der Waals surface area contributed by atoms with E-state index >= 15 is 0 Å². The number of aromatic nitrogens is 1. The zero-order chi connectivity index (χ0) is 15.2. The van der Waals surface area contributed by atoms with Crippen molar-refractivity contribution in [2.24, 2.45) is 5.92 Å². The number of hydrogen-bond acceptors (Lipinski definition) is 4. The molecule has 0 aromatic carbocycles. The highest BCUT2D eigenvalue weighted by Crippen LogP contribution is 2.19. The van der Waals surface area contributed by atoms with Gasteiger partial charge in [-0.15, -0.1) is 0 Å². The molecule has 4 N–H and O–H groups in total. The molecule has 0 radical (unpaired) electrons. The summed E-state index contributed by atoms with van der Waals surface area (Å²) in [7, 11) is 0. The quantitative estimate of drug-likeness (QED) is 0.492. The van der Waals surface area contributed by atoms with Gasteiger partial charge in [-0.3, -0.25) is 10.9 Å². The maximum absolute atomic E-state index is 12.6. The van der Waals surface area contributed by atoms with E-state index in [1.807, 2.05) is 0 Å². The molecule has 0 aliphatic carbocycles. The van der Waals surface area contributed by atoms with Gasteiger partial charge in [-0.25, -0.2) is 9.78 Å². The number of amides is 2. The molecule has 1 aliphatic rings. The third-order valence-electron chi connectivity index (χ3n) is 3.81. The molecular formula is C14H22FN5O. The second-order valence-corrected chi connectivity index (χ2v) is 5.42. The second kappa shape index (κ2) is 7.33. The number of carbonyl (C=O) groups excluding carboxylic acids is 1. The van der Waals surface area contributed by atoms with Crippen LogP contribution in [0.1, 0.15) is 26.7 Å². The molecule has 1 aromatic heterocycles. The van der Waals surface area contributed by atoms with E-state index in [4.69, 9.17) is 0 Å². The van der Waals surface area contributed by atoms with Crippen LogP contribution < -0.4 is 21.5 Å². The van der Waals surface area contributed by atoms with Crippen LogP contribution in [0, 0.1) is 11.9 Å². The first-order chi connectivity index (χ1) is 10.1. The van der Waals surface area contributed by atoms with Crippen molar-refractivity contribution >= 4 is 11.7 Å². The van der Waals surface area contributed by atoms with Gasteiger partial charge in [0.25, 0.3) is 0 Å². The van der Waals surface area contributed by atoms with Crippen molar-refractivity contribution in [2.75, 3.05) is 11.9 Å². The van der Waals surface area contributed by atoms with E-state index in [9.17, 15) is 9.18 Å². The fourth-order valence-corrected chi connectivity index (χ4v) is 2.57. The van der Waals surface area contributed by atoms with Crippen LogP contribution in [0.4, 0.5) is 14.9 Å². The van der Waals surface area contributed by atoms with Crippen molar-refractivity contribution in [1.82, 2.24) is 21.2 Å².